The average molecular weight is 313 g/mol. The highest BCUT2D eigenvalue weighted by molar-refractivity contribution is 5.95. The average Bonchev–Trinajstić information content (AvgIpc) is 2.54. The molecule has 1 N–H and O–H groups in total. The van der Waals surface area contributed by atoms with Gasteiger partial charge in [-0.15, -0.1) is 0 Å². The first-order valence-corrected chi connectivity index (χ1v) is 7.41. The van der Waals surface area contributed by atoms with Gasteiger partial charge in [-0.2, -0.15) is 0 Å². The summed E-state index contributed by atoms with van der Waals surface area (Å²) in [6.07, 6.45) is 0.535. The summed E-state index contributed by atoms with van der Waals surface area (Å²) in [5, 5.41) is 2.81. The van der Waals surface area contributed by atoms with E-state index in [1.165, 1.54) is 0 Å². The van der Waals surface area contributed by atoms with E-state index in [4.69, 9.17) is 9.47 Å². The zero-order chi connectivity index (χ0) is 16.4. The molecular weight excluding hydrogens is 294 g/mol. The lowest BCUT2D eigenvalue weighted by atomic mass is 10.1. The fourth-order valence-corrected chi connectivity index (χ4v) is 2.34. The Labute approximate surface area is 135 Å². The van der Waals surface area contributed by atoms with Gasteiger partial charge in [-0.3, -0.25) is 4.79 Å². The summed E-state index contributed by atoms with van der Waals surface area (Å²) in [4.78, 5) is 18.6. The largest absolute Gasteiger partial charge is 0.482 e. The van der Waals surface area contributed by atoms with Gasteiger partial charge in [0.15, 0.2) is 11.5 Å². The van der Waals surface area contributed by atoms with Crippen LogP contribution in [0, 0.1) is 0 Å². The van der Waals surface area contributed by atoms with E-state index in [0.29, 0.717) is 17.2 Å². The zero-order valence-electron chi connectivity index (χ0n) is 13.3. The van der Waals surface area contributed by atoms with Gasteiger partial charge in [-0.1, -0.05) is 12.1 Å². The van der Waals surface area contributed by atoms with Gasteiger partial charge < -0.3 is 19.7 Å². The molecule has 6 nitrogen and oxygen atoms in total. The number of hydrogen-bond donors (Lipinski definition) is 1. The van der Waals surface area contributed by atoms with Crippen molar-refractivity contribution in [2.75, 3.05) is 24.3 Å². The topological polar surface area (TPSA) is 63.7 Å². The van der Waals surface area contributed by atoms with Crippen LogP contribution < -0.4 is 19.7 Å². The number of rotatable bonds is 3. The fraction of sp³-hybridized carbons (Fsp3) is 0.294. The normalized spacial score (nSPS) is 19.1. The SMILES string of the molecule is C[C@@H]1Oc2ccccc2O[C@@H]1C(=O)Nc1ccc(N(C)C)nc1. The van der Waals surface area contributed by atoms with E-state index in [1.807, 2.05) is 56.3 Å². The second kappa shape index (κ2) is 6.16. The zero-order valence-corrected chi connectivity index (χ0v) is 13.3. The molecule has 0 saturated carbocycles. The van der Waals surface area contributed by atoms with Crippen LogP contribution in [0.15, 0.2) is 42.6 Å². The summed E-state index contributed by atoms with van der Waals surface area (Å²) < 4.78 is 11.5. The van der Waals surface area contributed by atoms with Crippen molar-refractivity contribution in [3.8, 4) is 11.5 Å². The van der Waals surface area contributed by atoms with Crippen LogP contribution in [-0.4, -0.2) is 37.2 Å². The number of benzene rings is 1. The molecule has 2 aromatic rings. The molecule has 2 atom stereocenters. The third-order valence-electron chi connectivity index (χ3n) is 3.57. The van der Waals surface area contributed by atoms with Crippen molar-refractivity contribution in [3.05, 3.63) is 42.6 Å². The first kappa shape index (κ1) is 15.1. The number of ether oxygens (including phenoxy) is 2. The van der Waals surface area contributed by atoms with Crippen LogP contribution in [0.2, 0.25) is 0 Å². The lowest BCUT2D eigenvalue weighted by Gasteiger charge is -2.31. The highest BCUT2D eigenvalue weighted by atomic mass is 16.6. The Morgan fingerprint density at radius 1 is 1.13 bits per heavy atom. The molecule has 0 aliphatic carbocycles. The monoisotopic (exact) mass is 313 g/mol. The number of carbonyl (C=O) groups is 1. The number of anilines is 2. The maximum Gasteiger partial charge on any atom is 0.269 e. The molecule has 0 unspecified atom stereocenters. The molecule has 3 rings (SSSR count). The highest BCUT2D eigenvalue weighted by Crippen LogP contribution is 2.33. The molecule has 0 radical (unpaired) electrons. The molecule has 6 heteroatoms. The number of pyridine rings is 1. The lowest BCUT2D eigenvalue weighted by molar-refractivity contribution is -0.128. The van der Waals surface area contributed by atoms with Gasteiger partial charge >= 0.3 is 0 Å². The second-order valence-electron chi connectivity index (χ2n) is 5.60. The van der Waals surface area contributed by atoms with E-state index in [1.54, 1.807) is 12.3 Å². The van der Waals surface area contributed by atoms with Gasteiger partial charge in [0.05, 0.1) is 11.9 Å². The summed E-state index contributed by atoms with van der Waals surface area (Å²) in [6.45, 7) is 1.81. The standard InChI is InChI=1S/C17H19N3O3/c1-11-16(23-14-7-5-4-6-13(14)22-11)17(21)19-12-8-9-15(18-10-12)20(2)3/h4-11,16H,1-3H3,(H,19,21)/t11-,16-/m0/s1. The van der Waals surface area contributed by atoms with Gasteiger partial charge in [0.25, 0.3) is 5.91 Å². The van der Waals surface area contributed by atoms with Crippen LogP contribution in [0.1, 0.15) is 6.92 Å². The van der Waals surface area contributed by atoms with Crippen molar-refractivity contribution in [2.45, 2.75) is 19.1 Å². The van der Waals surface area contributed by atoms with Crippen LogP contribution in [0.3, 0.4) is 0 Å². The number of carbonyl (C=O) groups excluding carboxylic acids is 1. The van der Waals surface area contributed by atoms with Crippen molar-refractivity contribution in [1.29, 1.82) is 0 Å². The van der Waals surface area contributed by atoms with Crippen LogP contribution in [0.25, 0.3) is 0 Å². The Hall–Kier alpha value is -2.76. The molecule has 120 valence electrons. The third kappa shape index (κ3) is 3.21. The minimum absolute atomic E-state index is 0.258. The molecule has 1 amide bonds. The van der Waals surface area contributed by atoms with Crippen LogP contribution in [-0.2, 0) is 4.79 Å². The van der Waals surface area contributed by atoms with Gasteiger partial charge in [-0.25, -0.2) is 4.98 Å². The molecule has 0 spiro atoms. The first-order valence-electron chi connectivity index (χ1n) is 7.41. The van der Waals surface area contributed by atoms with E-state index >= 15 is 0 Å². The van der Waals surface area contributed by atoms with Gasteiger partial charge in [0.1, 0.15) is 11.9 Å². The summed E-state index contributed by atoms with van der Waals surface area (Å²) in [7, 11) is 3.82. The highest BCUT2D eigenvalue weighted by Gasteiger charge is 2.34. The molecular formula is C17H19N3O3. The molecule has 0 bridgehead atoms. The van der Waals surface area contributed by atoms with Gasteiger partial charge in [-0.05, 0) is 31.2 Å². The quantitative estimate of drug-likeness (QED) is 0.942. The number of nitrogens with zero attached hydrogens (tertiary/aromatic N) is 2. The Morgan fingerprint density at radius 2 is 1.83 bits per heavy atom. The minimum atomic E-state index is -0.710. The lowest BCUT2D eigenvalue weighted by Crippen LogP contribution is -2.46. The number of hydrogen-bond acceptors (Lipinski definition) is 5. The Morgan fingerprint density at radius 3 is 2.43 bits per heavy atom. The number of amides is 1. The van der Waals surface area contributed by atoms with Gasteiger partial charge in [0, 0.05) is 14.1 Å². The summed E-state index contributed by atoms with van der Waals surface area (Å²) in [6, 6.07) is 11.0. The summed E-state index contributed by atoms with van der Waals surface area (Å²) in [5.41, 5.74) is 0.621. The van der Waals surface area contributed by atoms with Crippen molar-refractivity contribution in [1.82, 2.24) is 4.98 Å². The molecule has 23 heavy (non-hydrogen) atoms. The van der Waals surface area contributed by atoms with Crippen molar-refractivity contribution >= 4 is 17.4 Å². The van der Waals surface area contributed by atoms with E-state index < -0.39 is 6.10 Å². The van der Waals surface area contributed by atoms with E-state index in [2.05, 4.69) is 10.3 Å². The fourth-order valence-electron chi connectivity index (χ4n) is 2.34. The maximum atomic E-state index is 12.5. The second-order valence-corrected chi connectivity index (χ2v) is 5.60. The Bertz CT molecular complexity index is 700. The Balaban J connectivity index is 1.71. The molecule has 0 saturated heterocycles. The molecule has 2 heterocycles. The third-order valence-corrected chi connectivity index (χ3v) is 3.57. The predicted octanol–water partition coefficient (Wildman–Crippen LogP) is 2.31. The number of aromatic nitrogens is 1. The smallest absolute Gasteiger partial charge is 0.269 e. The summed E-state index contributed by atoms with van der Waals surface area (Å²) in [5.74, 6) is 1.79. The summed E-state index contributed by atoms with van der Waals surface area (Å²) >= 11 is 0. The van der Waals surface area contributed by atoms with Crippen molar-refractivity contribution in [2.24, 2.45) is 0 Å². The van der Waals surface area contributed by atoms with E-state index in [-0.39, 0.29) is 12.0 Å². The maximum absolute atomic E-state index is 12.5. The van der Waals surface area contributed by atoms with Crippen molar-refractivity contribution < 1.29 is 14.3 Å². The molecule has 1 aliphatic heterocycles. The molecule has 1 aromatic carbocycles. The molecule has 0 fully saturated rings. The number of para-hydroxylation sites is 2. The number of fused-ring (bicyclic) bond motifs is 1. The van der Waals surface area contributed by atoms with Crippen molar-refractivity contribution in [3.63, 3.8) is 0 Å². The van der Waals surface area contributed by atoms with Gasteiger partial charge in [0.2, 0.25) is 6.10 Å². The number of nitrogens with one attached hydrogen (secondary N) is 1. The van der Waals surface area contributed by atoms with E-state index in [0.717, 1.165) is 5.82 Å². The van der Waals surface area contributed by atoms with E-state index in [9.17, 15) is 4.79 Å². The Kier molecular flexibility index (Phi) is 4.06. The minimum Gasteiger partial charge on any atom is -0.482 e. The molecule has 1 aliphatic rings. The predicted molar refractivity (Wildman–Crippen MR) is 88.1 cm³/mol. The molecule has 1 aromatic heterocycles. The first-order chi connectivity index (χ1) is 11.0. The van der Waals surface area contributed by atoms with Crippen LogP contribution in [0.4, 0.5) is 11.5 Å². The van der Waals surface area contributed by atoms with Crippen LogP contribution in [0.5, 0.6) is 11.5 Å². The van der Waals surface area contributed by atoms with Crippen LogP contribution >= 0.6 is 0 Å².